The van der Waals surface area contributed by atoms with Gasteiger partial charge in [-0.1, -0.05) is 38.2 Å². The van der Waals surface area contributed by atoms with E-state index in [9.17, 15) is 5.11 Å². The van der Waals surface area contributed by atoms with Crippen LogP contribution in [0.2, 0.25) is 0 Å². The maximum absolute atomic E-state index is 9.89. The van der Waals surface area contributed by atoms with Crippen molar-refractivity contribution in [2.24, 2.45) is 5.92 Å². The molecule has 0 bridgehead atoms. The fraction of sp³-hybridized carbons (Fsp3) is 0.455. The molecule has 2 nitrogen and oxygen atoms in total. The quantitative estimate of drug-likeness (QED) is 0.723. The summed E-state index contributed by atoms with van der Waals surface area (Å²) in [5, 5.41) is 9.89. The topological polar surface area (TPSA) is 29.5 Å². The SMILES string of the molecule is C=C(C1=CCOC1CC/C(C)=C/c1cc(C)c(O)c(C)c1)C(C)C. The number of ether oxygens (including phenoxy) is 1. The van der Waals surface area contributed by atoms with Crippen molar-refractivity contribution in [1.29, 1.82) is 0 Å². The van der Waals surface area contributed by atoms with E-state index in [1.165, 1.54) is 16.7 Å². The van der Waals surface area contributed by atoms with Gasteiger partial charge in [0.2, 0.25) is 0 Å². The van der Waals surface area contributed by atoms with Crippen LogP contribution in [0.3, 0.4) is 0 Å². The van der Waals surface area contributed by atoms with Crippen LogP contribution in [-0.2, 0) is 4.74 Å². The van der Waals surface area contributed by atoms with Crippen molar-refractivity contribution >= 4 is 6.08 Å². The Kier molecular flexibility index (Phi) is 6.06. The summed E-state index contributed by atoms with van der Waals surface area (Å²) in [5.41, 5.74) is 6.80. The molecular formula is C22H30O2. The largest absolute Gasteiger partial charge is 0.507 e. The third-order valence-corrected chi connectivity index (χ3v) is 4.74. The molecule has 0 saturated carbocycles. The molecular weight excluding hydrogens is 296 g/mol. The van der Waals surface area contributed by atoms with E-state index in [0.29, 0.717) is 18.3 Å². The van der Waals surface area contributed by atoms with E-state index < -0.39 is 0 Å². The summed E-state index contributed by atoms with van der Waals surface area (Å²) < 4.78 is 5.88. The normalized spacial score (nSPS) is 18.2. The van der Waals surface area contributed by atoms with Crippen LogP contribution in [-0.4, -0.2) is 17.8 Å². The number of phenols is 1. The molecule has 0 radical (unpaired) electrons. The number of aryl methyl sites for hydroxylation is 2. The first-order valence-corrected chi connectivity index (χ1v) is 8.77. The second kappa shape index (κ2) is 7.85. The van der Waals surface area contributed by atoms with E-state index in [4.69, 9.17) is 4.74 Å². The number of hydrogen-bond donors (Lipinski definition) is 1. The zero-order valence-corrected chi connectivity index (χ0v) is 15.6. The Labute approximate surface area is 146 Å². The molecule has 1 aliphatic heterocycles. The first kappa shape index (κ1) is 18.5. The highest BCUT2D eigenvalue weighted by Gasteiger charge is 2.23. The first-order valence-electron chi connectivity index (χ1n) is 8.77. The molecule has 24 heavy (non-hydrogen) atoms. The number of allylic oxidation sites excluding steroid dienone is 1. The van der Waals surface area contributed by atoms with Gasteiger partial charge in [-0.3, -0.25) is 0 Å². The van der Waals surface area contributed by atoms with Crippen LogP contribution in [0.5, 0.6) is 5.75 Å². The van der Waals surface area contributed by atoms with E-state index in [1.54, 1.807) is 0 Å². The van der Waals surface area contributed by atoms with Crippen LogP contribution >= 0.6 is 0 Å². The second-order valence-corrected chi connectivity index (χ2v) is 7.19. The Morgan fingerprint density at radius 3 is 2.54 bits per heavy atom. The standard InChI is InChI=1S/C22H30O2/c1-14(2)18(6)20-9-10-24-21(20)8-7-15(3)11-19-12-16(4)22(23)17(5)13-19/h9,11-14,21,23H,6-8,10H2,1-5H3/b15-11+. The van der Waals surface area contributed by atoms with Gasteiger partial charge in [-0.2, -0.15) is 0 Å². The lowest BCUT2D eigenvalue weighted by Gasteiger charge is -2.19. The third kappa shape index (κ3) is 4.39. The van der Waals surface area contributed by atoms with Gasteiger partial charge in [0, 0.05) is 0 Å². The van der Waals surface area contributed by atoms with Gasteiger partial charge in [-0.15, -0.1) is 0 Å². The van der Waals surface area contributed by atoms with E-state index >= 15 is 0 Å². The monoisotopic (exact) mass is 326 g/mol. The molecule has 0 spiro atoms. The minimum absolute atomic E-state index is 0.173. The molecule has 0 saturated heterocycles. The molecule has 1 atom stereocenters. The van der Waals surface area contributed by atoms with Crippen LogP contribution in [0.25, 0.3) is 6.08 Å². The van der Waals surface area contributed by atoms with Gasteiger partial charge in [0.1, 0.15) is 5.75 Å². The predicted molar refractivity (Wildman–Crippen MR) is 102 cm³/mol. The number of benzene rings is 1. The highest BCUT2D eigenvalue weighted by Crippen LogP contribution is 2.30. The highest BCUT2D eigenvalue weighted by molar-refractivity contribution is 5.57. The van der Waals surface area contributed by atoms with Crippen molar-refractivity contribution in [2.45, 2.75) is 53.6 Å². The molecule has 0 aliphatic carbocycles. The lowest BCUT2D eigenvalue weighted by atomic mass is 9.91. The number of rotatable bonds is 6. The molecule has 0 aromatic heterocycles. The summed E-state index contributed by atoms with van der Waals surface area (Å²) in [6, 6.07) is 4.06. The van der Waals surface area contributed by atoms with Gasteiger partial charge in [0.15, 0.2) is 0 Å². The summed E-state index contributed by atoms with van der Waals surface area (Å²) in [4.78, 5) is 0. The Morgan fingerprint density at radius 2 is 1.96 bits per heavy atom. The van der Waals surface area contributed by atoms with Crippen molar-refractivity contribution in [1.82, 2.24) is 0 Å². The Bertz CT molecular complexity index is 654. The number of aromatic hydroxyl groups is 1. The summed E-state index contributed by atoms with van der Waals surface area (Å²) in [7, 11) is 0. The molecule has 1 N–H and O–H groups in total. The zero-order chi connectivity index (χ0) is 17.9. The van der Waals surface area contributed by atoms with E-state index in [-0.39, 0.29) is 6.10 Å². The van der Waals surface area contributed by atoms with Gasteiger partial charge in [0.25, 0.3) is 0 Å². The summed E-state index contributed by atoms with van der Waals surface area (Å²) >= 11 is 0. The van der Waals surface area contributed by atoms with Crippen molar-refractivity contribution in [3.63, 3.8) is 0 Å². The fourth-order valence-corrected chi connectivity index (χ4v) is 3.17. The van der Waals surface area contributed by atoms with Gasteiger partial charge < -0.3 is 9.84 Å². The molecule has 1 heterocycles. The minimum atomic E-state index is 0.173. The molecule has 2 rings (SSSR count). The van der Waals surface area contributed by atoms with Crippen molar-refractivity contribution in [3.8, 4) is 5.75 Å². The van der Waals surface area contributed by atoms with E-state index in [2.05, 4.69) is 39.5 Å². The zero-order valence-electron chi connectivity index (χ0n) is 15.6. The lowest BCUT2D eigenvalue weighted by molar-refractivity contribution is 0.116. The van der Waals surface area contributed by atoms with E-state index in [0.717, 1.165) is 29.5 Å². The first-order chi connectivity index (χ1) is 11.3. The molecule has 0 fully saturated rings. The number of phenolic OH excluding ortho intramolecular Hbond substituents is 1. The van der Waals surface area contributed by atoms with Crippen molar-refractivity contribution < 1.29 is 9.84 Å². The highest BCUT2D eigenvalue weighted by atomic mass is 16.5. The molecule has 0 amide bonds. The van der Waals surface area contributed by atoms with Gasteiger partial charge >= 0.3 is 0 Å². The third-order valence-electron chi connectivity index (χ3n) is 4.74. The average molecular weight is 326 g/mol. The van der Waals surface area contributed by atoms with Crippen LogP contribution in [0.15, 0.2) is 41.5 Å². The Morgan fingerprint density at radius 1 is 1.33 bits per heavy atom. The lowest BCUT2D eigenvalue weighted by Crippen LogP contribution is -2.13. The van der Waals surface area contributed by atoms with Crippen LogP contribution < -0.4 is 0 Å². The fourth-order valence-electron chi connectivity index (χ4n) is 3.17. The smallest absolute Gasteiger partial charge is 0.121 e. The number of hydrogen-bond acceptors (Lipinski definition) is 2. The Balaban J connectivity index is 2.01. The van der Waals surface area contributed by atoms with Crippen molar-refractivity contribution in [2.75, 3.05) is 6.61 Å². The molecule has 1 aliphatic rings. The molecule has 130 valence electrons. The van der Waals surface area contributed by atoms with Gasteiger partial charge in [0.05, 0.1) is 12.7 Å². The predicted octanol–water partition coefficient (Wildman–Crippen LogP) is 5.73. The maximum atomic E-state index is 9.89. The van der Waals surface area contributed by atoms with E-state index in [1.807, 2.05) is 26.0 Å². The Hall–Kier alpha value is -1.80. The average Bonchev–Trinajstić information content (AvgIpc) is 2.98. The summed E-state index contributed by atoms with van der Waals surface area (Å²) in [5.74, 6) is 0.853. The van der Waals surface area contributed by atoms with Crippen LogP contribution in [0, 0.1) is 19.8 Å². The van der Waals surface area contributed by atoms with Crippen molar-refractivity contribution in [3.05, 3.63) is 58.2 Å². The second-order valence-electron chi connectivity index (χ2n) is 7.19. The molecule has 2 heteroatoms. The van der Waals surface area contributed by atoms with Gasteiger partial charge in [-0.05, 0) is 79.5 Å². The molecule has 1 aromatic carbocycles. The van der Waals surface area contributed by atoms with Crippen LogP contribution in [0.4, 0.5) is 0 Å². The summed E-state index contributed by atoms with van der Waals surface area (Å²) in [6.07, 6.45) is 6.53. The van der Waals surface area contributed by atoms with Crippen LogP contribution in [0.1, 0.15) is 50.3 Å². The maximum Gasteiger partial charge on any atom is 0.121 e. The summed E-state index contributed by atoms with van der Waals surface area (Å²) in [6.45, 7) is 15.3. The molecule has 1 aromatic rings. The minimum Gasteiger partial charge on any atom is -0.507 e. The van der Waals surface area contributed by atoms with Gasteiger partial charge in [-0.25, -0.2) is 0 Å². The molecule has 1 unspecified atom stereocenters.